The fourth-order valence-corrected chi connectivity index (χ4v) is 3.48. The molecule has 0 saturated carbocycles. The van der Waals surface area contributed by atoms with Gasteiger partial charge in [0.05, 0.1) is 19.3 Å². The largest absolute Gasteiger partial charge is 0.379 e. The Balaban J connectivity index is 1.80. The van der Waals surface area contributed by atoms with Crippen molar-refractivity contribution in [2.24, 2.45) is 5.92 Å². The molecule has 2 aliphatic rings. The monoisotopic (exact) mass is 283 g/mol. The van der Waals surface area contributed by atoms with E-state index in [1.165, 1.54) is 11.5 Å². The third-order valence-electron chi connectivity index (χ3n) is 3.82. The molecule has 0 aromatic carbocycles. The van der Waals surface area contributed by atoms with Crippen LogP contribution in [0.2, 0.25) is 0 Å². The number of ether oxygens (including phenoxy) is 1. The van der Waals surface area contributed by atoms with Gasteiger partial charge in [-0.15, -0.1) is 0 Å². The van der Waals surface area contributed by atoms with Gasteiger partial charge in [-0.05, 0) is 7.05 Å². The second kappa shape index (κ2) is 5.22. The molecule has 2 fully saturated rings. The van der Waals surface area contributed by atoms with Crippen LogP contribution in [-0.4, -0.2) is 74.3 Å². The summed E-state index contributed by atoms with van der Waals surface area (Å²) in [7, 11) is 6.15. The first-order valence-corrected chi connectivity index (χ1v) is 7.45. The summed E-state index contributed by atoms with van der Waals surface area (Å²) in [6.45, 7) is 4.79. The fourth-order valence-electron chi connectivity index (χ4n) is 2.72. The van der Waals surface area contributed by atoms with E-state index in [9.17, 15) is 0 Å². The molecule has 0 N–H and O–H groups in total. The lowest BCUT2D eigenvalue weighted by Crippen LogP contribution is -2.42. The minimum absolute atomic E-state index is 0.458. The molecule has 106 valence electrons. The van der Waals surface area contributed by atoms with Crippen molar-refractivity contribution in [1.29, 1.82) is 0 Å². The number of hydrogen-bond donors (Lipinski definition) is 0. The van der Waals surface area contributed by atoms with Gasteiger partial charge < -0.3 is 14.5 Å². The molecule has 7 heteroatoms. The molecule has 0 radical (unpaired) electrons. The summed E-state index contributed by atoms with van der Waals surface area (Å²) in [5.41, 5.74) is 0. The van der Waals surface area contributed by atoms with Gasteiger partial charge in [0.1, 0.15) is 0 Å². The molecule has 3 rings (SSSR count). The quantitative estimate of drug-likeness (QED) is 0.781. The van der Waals surface area contributed by atoms with E-state index in [0.717, 1.165) is 43.9 Å². The maximum atomic E-state index is 5.75. The van der Waals surface area contributed by atoms with E-state index in [1.807, 2.05) is 19.0 Å². The zero-order valence-electron chi connectivity index (χ0n) is 11.7. The molecule has 2 aliphatic heterocycles. The van der Waals surface area contributed by atoms with Gasteiger partial charge >= 0.3 is 0 Å². The van der Waals surface area contributed by atoms with Gasteiger partial charge in [-0.1, -0.05) is 0 Å². The minimum atomic E-state index is 0.458. The molecule has 0 amide bonds. The predicted molar refractivity (Wildman–Crippen MR) is 77.2 cm³/mol. The molecule has 2 saturated heterocycles. The SMILES string of the molecule is CN(C)c1nsc(N2C[C@@H]3COC[C@H](C2)N(C)C3)n1. The fraction of sp³-hybridized carbons (Fsp3) is 0.833. The van der Waals surface area contributed by atoms with Crippen molar-refractivity contribution in [2.45, 2.75) is 6.04 Å². The van der Waals surface area contributed by atoms with E-state index >= 15 is 0 Å². The molecule has 2 bridgehead atoms. The number of aromatic nitrogens is 2. The smallest absolute Gasteiger partial charge is 0.238 e. The van der Waals surface area contributed by atoms with Crippen molar-refractivity contribution in [3.8, 4) is 0 Å². The highest BCUT2D eigenvalue weighted by Crippen LogP contribution is 2.26. The summed E-state index contributed by atoms with van der Waals surface area (Å²) in [5, 5.41) is 1.04. The number of hydrogen-bond acceptors (Lipinski definition) is 7. The molecule has 0 spiro atoms. The molecule has 2 atom stereocenters. The number of anilines is 2. The highest BCUT2D eigenvalue weighted by Gasteiger charge is 2.32. The Morgan fingerprint density at radius 1 is 1.26 bits per heavy atom. The van der Waals surface area contributed by atoms with Crippen LogP contribution >= 0.6 is 11.5 Å². The maximum absolute atomic E-state index is 5.75. The summed E-state index contributed by atoms with van der Waals surface area (Å²) in [4.78, 5) is 11.4. The number of rotatable bonds is 2. The van der Waals surface area contributed by atoms with Gasteiger partial charge in [-0.25, -0.2) is 0 Å². The van der Waals surface area contributed by atoms with Crippen LogP contribution in [0.25, 0.3) is 0 Å². The van der Waals surface area contributed by atoms with Gasteiger partial charge in [0.2, 0.25) is 11.1 Å². The summed E-state index contributed by atoms with van der Waals surface area (Å²) in [6, 6.07) is 0.458. The zero-order valence-corrected chi connectivity index (χ0v) is 12.6. The molecule has 19 heavy (non-hydrogen) atoms. The van der Waals surface area contributed by atoms with Crippen molar-refractivity contribution in [3.05, 3.63) is 0 Å². The van der Waals surface area contributed by atoms with E-state index in [1.54, 1.807) is 0 Å². The van der Waals surface area contributed by atoms with E-state index in [2.05, 4.69) is 26.2 Å². The van der Waals surface area contributed by atoms with Gasteiger partial charge in [-0.3, -0.25) is 4.90 Å². The third kappa shape index (κ3) is 2.68. The minimum Gasteiger partial charge on any atom is -0.379 e. The second-order valence-electron chi connectivity index (χ2n) is 5.67. The molecular weight excluding hydrogens is 262 g/mol. The van der Waals surface area contributed by atoms with E-state index in [-0.39, 0.29) is 0 Å². The van der Waals surface area contributed by atoms with Crippen molar-refractivity contribution >= 4 is 22.6 Å². The maximum Gasteiger partial charge on any atom is 0.238 e. The van der Waals surface area contributed by atoms with E-state index in [4.69, 9.17) is 4.74 Å². The van der Waals surface area contributed by atoms with Crippen LogP contribution in [0.5, 0.6) is 0 Å². The Labute approximate surface area is 118 Å². The molecule has 3 heterocycles. The Kier molecular flexibility index (Phi) is 3.60. The molecule has 1 aromatic heterocycles. The summed E-state index contributed by atoms with van der Waals surface area (Å²) in [6.07, 6.45) is 0. The lowest BCUT2D eigenvalue weighted by molar-refractivity contribution is 0.0931. The first-order chi connectivity index (χ1) is 9.13. The van der Waals surface area contributed by atoms with Gasteiger partial charge in [0.25, 0.3) is 0 Å². The van der Waals surface area contributed by atoms with Crippen LogP contribution in [0.4, 0.5) is 11.1 Å². The van der Waals surface area contributed by atoms with Crippen LogP contribution in [-0.2, 0) is 4.74 Å². The third-order valence-corrected chi connectivity index (χ3v) is 4.59. The van der Waals surface area contributed by atoms with Gasteiger partial charge in [0, 0.05) is 51.2 Å². The Bertz CT molecular complexity index is 438. The lowest BCUT2D eigenvalue weighted by atomic mass is 10.1. The molecular formula is C12H21N5OS. The summed E-state index contributed by atoms with van der Waals surface area (Å²) < 4.78 is 10.2. The highest BCUT2D eigenvalue weighted by molar-refractivity contribution is 7.09. The van der Waals surface area contributed by atoms with Crippen molar-refractivity contribution < 1.29 is 4.74 Å². The summed E-state index contributed by atoms with van der Waals surface area (Å²) in [5.74, 6) is 1.36. The number of nitrogens with zero attached hydrogens (tertiary/aromatic N) is 5. The Hall–Kier alpha value is -0.920. The normalized spacial score (nSPS) is 28.3. The van der Waals surface area contributed by atoms with Gasteiger partial charge in [0.15, 0.2) is 0 Å². The van der Waals surface area contributed by atoms with E-state index < -0.39 is 0 Å². The average molecular weight is 283 g/mol. The topological polar surface area (TPSA) is 44.7 Å². The number of likely N-dealkylation sites (N-methyl/N-ethyl adjacent to an activating group) is 1. The molecule has 1 aromatic rings. The van der Waals surface area contributed by atoms with Crippen molar-refractivity contribution in [1.82, 2.24) is 14.3 Å². The highest BCUT2D eigenvalue weighted by atomic mass is 32.1. The van der Waals surface area contributed by atoms with Crippen LogP contribution in [0.1, 0.15) is 0 Å². The second-order valence-corrected chi connectivity index (χ2v) is 6.40. The first-order valence-electron chi connectivity index (χ1n) is 6.67. The van der Waals surface area contributed by atoms with Gasteiger partial charge in [-0.2, -0.15) is 9.36 Å². The Morgan fingerprint density at radius 2 is 2.11 bits per heavy atom. The van der Waals surface area contributed by atoms with E-state index in [0.29, 0.717) is 12.0 Å². The first kappa shape index (κ1) is 13.1. The van der Waals surface area contributed by atoms with Crippen LogP contribution in [0.3, 0.4) is 0 Å². The number of fused-ring (bicyclic) bond motifs is 3. The van der Waals surface area contributed by atoms with Crippen LogP contribution in [0.15, 0.2) is 0 Å². The van der Waals surface area contributed by atoms with Crippen molar-refractivity contribution in [3.63, 3.8) is 0 Å². The predicted octanol–water partition coefficient (Wildman–Crippen LogP) is 0.371. The van der Waals surface area contributed by atoms with Crippen LogP contribution in [0, 0.1) is 5.92 Å². The molecule has 0 unspecified atom stereocenters. The standard InChI is InChI=1S/C12H21N5OS/c1-15(2)11-13-12(19-14-11)17-5-9-4-16(3)10(6-17)8-18-7-9/h9-10H,4-8H2,1-3H3/t9-,10+/m1/s1. The molecule has 6 nitrogen and oxygen atoms in total. The molecule has 0 aliphatic carbocycles. The van der Waals surface area contributed by atoms with Crippen LogP contribution < -0.4 is 9.80 Å². The Morgan fingerprint density at radius 3 is 2.84 bits per heavy atom. The zero-order chi connectivity index (χ0) is 13.4. The lowest BCUT2D eigenvalue weighted by Gasteiger charge is -2.29. The summed E-state index contributed by atoms with van der Waals surface area (Å²) >= 11 is 1.50. The van der Waals surface area contributed by atoms with Crippen molar-refractivity contribution in [2.75, 3.05) is 63.8 Å². The average Bonchev–Trinajstić information content (AvgIpc) is 2.69.